The molecule has 0 aliphatic carbocycles. The first-order valence-corrected chi connectivity index (χ1v) is 11.1. The van der Waals surface area contributed by atoms with E-state index in [1.807, 2.05) is 60.7 Å². The molecule has 1 saturated heterocycles. The lowest BCUT2D eigenvalue weighted by Gasteiger charge is -2.44. The lowest BCUT2D eigenvalue weighted by Crippen LogP contribution is -2.65. The average Bonchev–Trinajstić information content (AvgIpc) is 2.74. The summed E-state index contributed by atoms with van der Waals surface area (Å²) in [4.78, 5) is 11.8. The fourth-order valence-electron chi connectivity index (χ4n) is 3.29. The monoisotopic (exact) mass is 511 g/mol. The summed E-state index contributed by atoms with van der Waals surface area (Å²) < 4.78 is 18.7. The number of carbonyl (C=O) groups excluding carboxylic acids is 1. The van der Waals surface area contributed by atoms with Crippen LogP contribution in [0, 0.1) is 0 Å². The SMILES string of the molecule is CC(=O)N[C@H]1[C@@H](OCc2ccccc2)O[C@H](CI)[C@@H](O)[C@@H]1OCc1ccccc1. The minimum atomic E-state index is -0.885. The molecule has 1 aliphatic heterocycles. The molecule has 0 bridgehead atoms. The van der Waals surface area contributed by atoms with Gasteiger partial charge in [-0.1, -0.05) is 83.3 Å². The molecule has 156 valence electrons. The van der Waals surface area contributed by atoms with Gasteiger partial charge < -0.3 is 24.6 Å². The van der Waals surface area contributed by atoms with E-state index in [0.29, 0.717) is 17.6 Å². The molecule has 0 unspecified atom stereocenters. The Kier molecular flexibility index (Phi) is 8.43. The van der Waals surface area contributed by atoms with Crippen LogP contribution in [0.2, 0.25) is 0 Å². The molecule has 0 saturated carbocycles. The highest BCUT2D eigenvalue weighted by Gasteiger charge is 2.46. The molecule has 7 heteroatoms. The molecule has 2 aromatic rings. The standard InChI is InChI=1S/C22H26INO5/c1-15(25)24-19-21(27-13-16-8-4-2-5-9-16)20(26)18(12-23)29-22(19)28-14-17-10-6-3-7-11-17/h2-11,18-22,26H,12-14H2,1H3,(H,24,25)/t18-,19-,20-,21-,22+/m1/s1. The minimum absolute atomic E-state index is 0.236. The maximum atomic E-state index is 11.8. The van der Waals surface area contributed by atoms with Crippen molar-refractivity contribution < 1.29 is 24.1 Å². The van der Waals surface area contributed by atoms with E-state index in [2.05, 4.69) is 27.9 Å². The summed E-state index contributed by atoms with van der Waals surface area (Å²) in [5.74, 6) is -0.236. The smallest absolute Gasteiger partial charge is 0.217 e. The number of halogens is 1. The van der Waals surface area contributed by atoms with Crippen LogP contribution in [0.4, 0.5) is 0 Å². The minimum Gasteiger partial charge on any atom is -0.388 e. The van der Waals surface area contributed by atoms with Gasteiger partial charge in [0.15, 0.2) is 6.29 Å². The summed E-state index contributed by atoms with van der Waals surface area (Å²) >= 11 is 2.17. The number of rotatable bonds is 8. The number of benzene rings is 2. The summed E-state index contributed by atoms with van der Waals surface area (Å²) in [6.45, 7) is 2.08. The van der Waals surface area contributed by atoms with Crippen molar-refractivity contribution in [2.45, 2.75) is 50.8 Å². The zero-order valence-corrected chi connectivity index (χ0v) is 18.4. The normalized spacial score (nSPS) is 26.8. The molecule has 6 nitrogen and oxygen atoms in total. The van der Waals surface area contributed by atoms with Crippen molar-refractivity contribution in [2.75, 3.05) is 4.43 Å². The highest BCUT2D eigenvalue weighted by atomic mass is 127. The molecule has 0 radical (unpaired) electrons. The maximum absolute atomic E-state index is 11.8. The molecule has 1 amide bonds. The first-order chi connectivity index (χ1) is 14.1. The van der Waals surface area contributed by atoms with Gasteiger partial charge in [0, 0.05) is 11.4 Å². The first kappa shape index (κ1) is 22.2. The Morgan fingerprint density at radius 3 is 2.10 bits per heavy atom. The van der Waals surface area contributed by atoms with Gasteiger partial charge in [0.1, 0.15) is 18.2 Å². The van der Waals surface area contributed by atoms with Crippen LogP contribution in [0.15, 0.2) is 60.7 Å². The number of ether oxygens (including phenoxy) is 3. The second-order valence-corrected chi connectivity index (χ2v) is 7.85. The summed E-state index contributed by atoms with van der Waals surface area (Å²) in [5.41, 5.74) is 1.98. The number of amides is 1. The van der Waals surface area contributed by atoms with Gasteiger partial charge in [0.05, 0.1) is 19.3 Å². The quantitative estimate of drug-likeness (QED) is 0.421. The maximum Gasteiger partial charge on any atom is 0.217 e. The van der Waals surface area contributed by atoms with Crippen molar-refractivity contribution in [3.8, 4) is 0 Å². The van der Waals surface area contributed by atoms with Gasteiger partial charge >= 0.3 is 0 Å². The van der Waals surface area contributed by atoms with Gasteiger partial charge in [-0.2, -0.15) is 0 Å². The van der Waals surface area contributed by atoms with Gasteiger partial charge in [-0.05, 0) is 11.1 Å². The third-order valence-electron chi connectivity index (χ3n) is 4.74. The van der Waals surface area contributed by atoms with E-state index in [-0.39, 0.29) is 5.91 Å². The van der Waals surface area contributed by atoms with Gasteiger partial charge in [-0.25, -0.2) is 0 Å². The summed E-state index contributed by atoms with van der Waals surface area (Å²) in [6.07, 6.45) is -2.73. The topological polar surface area (TPSA) is 77.0 Å². The van der Waals surface area contributed by atoms with Gasteiger partial charge in [0.2, 0.25) is 5.91 Å². The van der Waals surface area contributed by atoms with Crippen LogP contribution in [0.25, 0.3) is 0 Å². The third-order valence-corrected chi connectivity index (χ3v) is 5.61. The molecular formula is C22H26INO5. The van der Waals surface area contributed by atoms with Crippen molar-refractivity contribution >= 4 is 28.5 Å². The van der Waals surface area contributed by atoms with Crippen LogP contribution in [-0.4, -0.2) is 46.1 Å². The number of aliphatic hydroxyl groups excluding tert-OH is 1. The number of carbonyl (C=O) groups is 1. The Hall–Kier alpha value is -1.52. The Morgan fingerprint density at radius 1 is 1.03 bits per heavy atom. The molecule has 1 fully saturated rings. The predicted octanol–water partition coefficient (Wildman–Crippen LogP) is 2.81. The van der Waals surface area contributed by atoms with Crippen molar-refractivity contribution in [3.63, 3.8) is 0 Å². The molecule has 2 N–H and O–H groups in total. The number of hydrogen-bond donors (Lipinski definition) is 2. The molecule has 29 heavy (non-hydrogen) atoms. The largest absolute Gasteiger partial charge is 0.388 e. The van der Waals surface area contributed by atoms with Gasteiger partial charge in [0.25, 0.3) is 0 Å². The Labute approximate surface area is 184 Å². The van der Waals surface area contributed by atoms with Crippen LogP contribution >= 0.6 is 22.6 Å². The predicted molar refractivity (Wildman–Crippen MR) is 117 cm³/mol. The summed E-state index contributed by atoms with van der Waals surface area (Å²) in [6, 6.07) is 18.8. The van der Waals surface area contributed by atoms with Crippen LogP contribution in [0.5, 0.6) is 0 Å². The van der Waals surface area contributed by atoms with Gasteiger partial charge in [-0.15, -0.1) is 0 Å². The molecule has 0 aromatic heterocycles. The Balaban J connectivity index is 1.76. The highest BCUT2D eigenvalue weighted by molar-refractivity contribution is 14.1. The highest BCUT2D eigenvalue weighted by Crippen LogP contribution is 2.27. The second kappa shape index (κ2) is 11.0. The van der Waals surface area contributed by atoms with E-state index in [0.717, 1.165) is 11.1 Å². The molecular weight excluding hydrogens is 485 g/mol. The Bertz CT molecular complexity index is 760. The van der Waals surface area contributed by atoms with Crippen LogP contribution in [-0.2, 0) is 32.2 Å². The van der Waals surface area contributed by atoms with Crippen molar-refractivity contribution in [1.29, 1.82) is 0 Å². The van der Waals surface area contributed by atoms with E-state index in [9.17, 15) is 9.90 Å². The molecule has 1 heterocycles. The number of hydrogen-bond acceptors (Lipinski definition) is 5. The number of nitrogens with one attached hydrogen (secondary N) is 1. The van der Waals surface area contributed by atoms with E-state index in [1.54, 1.807) is 0 Å². The Morgan fingerprint density at radius 2 is 1.59 bits per heavy atom. The van der Waals surface area contributed by atoms with Crippen molar-refractivity contribution in [1.82, 2.24) is 5.32 Å². The van der Waals surface area contributed by atoms with Crippen molar-refractivity contribution in [3.05, 3.63) is 71.8 Å². The first-order valence-electron chi connectivity index (χ1n) is 9.56. The zero-order valence-electron chi connectivity index (χ0n) is 16.2. The average molecular weight is 511 g/mol. The van der Waals surface area contributed by atoms with E-state index in [1.165, 1.54) is 6.92 Å². The van der Waals surface area contributed by atoms with Gasteiger partial charge in [-0.3, -0.25) is 4.79 Å². The van der Waals surface area contributed by atoms with Crippen LogP contribution in [0.3, 0.4) is 0 Å². The van der Waals surface area contributed by atoms with Crippen LogP contribution in [0.1, 0.15) is 18.1 Å². The summed E-state index contributed by atoms with van der Waals surface area (Å²) in [5, 5.41) is 13.7. The molecule has 2 aromatic carbocycles. The molecule has 0 spiro atoms. The lowest BCUT2D eigenvalue weighted by atomic mass is 9.97. The lowest BCUT2D eigenvalue weighted by molar-refractivity contribution is -0.270. The number of aliphatic hydroxyl groups is 1. The van der Waals surface area contributed by atoms with E-state index >= 15 is 0 Å². The fraction of sp³-hybridized carbons (Fsp3) is 0.409. The van der Waals surface area contributed by atoms with Crippen molar-refractivity contribution in [2.24, 2.45) is 0 Å². The van der Waals surface area contributed by atoms with Crippen LogP contribution < -0.4 is 5.32 Å². The molecule has 1 aliphatic rings. The fourth-order valence-corrected chi connectivity index (χ4v) is 4.02. The molecule has 5 atom stereocenters. The molecule has 3 rings (SSSR count). The van der Waals surface area contributed by atoms with E-state index in [4.69, 9.17) is 14.2 Å². The summed E-state index contributed by atoms with van der Waals surface area (Å²) in [7, 11) is 0. The third kappa shape index (κ3) is 6.23. The van der Waals surface area contributed by atoms with E-state index < -0.39 is 30.6 Å². The zero-order chi connectivity index (χ0) is 20.6. The number of alkyl halides is 1. The second-order valence-electron chi connectivity index (χ2n) is 6.97.